The van der Waals surface area contributed by atoms with Crippen LogP contribution in [0.5, 0.6) is 17.2 Å². The third-order valence-corrected chi connectivity index (χ3v) is 6.34. The van der Waals surface area contributed by atoms with Crippen molar-refractivity contribution in [2.75, 3.05) is 33.3 Å². The third kappa shape index (κ3) is 4.50. The highest BCUT2D eigenvalue weighted by atomic mass is 35.5. The van der Waals surface area contributed by atoms with Gasteiger partial charge in [0.25, 0.3) is 5.91 Å². The lowest BCUT2D eigenvalue weighted by Gasteiger charge is -2.17. The minimum atomic E-state index is -0.175. The van der Waals surface area contributed by atoms with Gasteiger partial charge in [-0.3, -0.25) is 9.69 Å². The Hall–Kier alpha value is -2.42. The first-order chi connectivity index (χ1) is 14.4. The van der Waals surface area contributed by atoms with Crippen LogP contribution in [0.4, 0.5) is 5.69 Å². The van der Waals surface area contributed by atoms with E-state index in [2.05, 4.69) is 5.32 Å². The molecular weight excluding hydrogens is 444 g/mol. The first-order valence-corrected chi connectivity index (χ1v) is 10.5. The van der Waals surface area contributed by atoms with Gasteiger partial charge < -0.3 is 19.5 Å². The normalized spacial score (nSPS) is 15.0. The molecule has 0 unspecified atom stereocenters. The molecule has 1 aliphatic heterocycles. The number of anilines is 1. The molecule has 0 atom stereocenters. The highest BCUT2D eigenvalue weighted by Crippen LogP contribution is 2.40. The summed E-state index contributed by atoms with van der Waals surface area (Å²) in [6.07, 6.45) is 1.76. The monoisotopic (exact) mass is 464 g/mol. The number of amides is 1. The number of hydrogen-bond donors (Lipinski definition) is 1. The van der Waals surface area contributed by atoms with E-state index in [1.807, 2.05) is 25.1 Å². The summed E-state index contributed by atoms with van der Waals surface area (Å²) in [6, 6.07) is 9.14. The maximum absolute atomic E-state index is 12.9. The smallest absolute Gasteiger partial charge is 0.267 e. The van der Waals surface area contributed by atoms with Crippen LogP contribution in [0.3, 0.4) is 0 Å². The maximum atomic E-state index is 12.9. The Morgan fingerprint density at radius 1 is 1.17 bits per heavy atom. The van der Waals surface area contributed by atoms with E-state index in [9.17, 15) is 4.79 Å². The summed E-state index contributed by atoms with van der Waals surface area (Å²) in [5, 5.41) is 3.89. The number of carbonyl (C=O) groups excluding carboxylic acids is 1. The molecule has 1 fully saturated rings. The molecule has 1 amide bonds. The van der Waals surface area contributed by atoms with E-state index in [1.165, 1.54) is 16.7 Å². The molecule has 3 rings (SSSR count). The molecule has 0 bridgehead atoms. The van der Waals surface area contributed by atoms with Crippen molar-refractivity contribution in [3.05, 3.63) is 51.4 Å². The van der Waals surface area contributed by atoms with Crippen molar-refractivity contribution in [2.24, 2.45) is 0 Å². The number of benzene rings is 2. The van der Waals surface area contributed by atoms with E-state index >= 15 is 0 Å². The van der Waals surface area contributed by atoms with E-state index in [0.29, 0.717) is 31.5 Å². The zero-order valence-corrected chi connectivity index (χ0v) is 19.3. The van der Waals surface area contributed by atoms with Crippen molar-refractivity contribution < 1.29 is 19.0 Å². The first-order valence-electron chi connectivity index (χ1n) is 8.94. The number of rotatable bonds is 7. The summed E-state index contributed by atoms with van der Waals surface area (Å²) in [5.74, 6) is 1.34. The van der Waals surface area contributed by atoms with Crippen LogP contribution in [0.15, 0.2) is 35.2 Å². The Kier molecular flexibility index (Phi) is 7.12. The summed E-state index contributed by atoms with van der Waals surface area (Å²) >= 11 is 12.8. The Balaban J connectivity index is 1.82. The van der Waals surface area contributed by atoms with Gasteiger partial charge in [0.15, 0.2) is 11.5 Å². The Labute approximate surface area is 190 Å². The lowest BCUT2D eigenvalue weighted by Crippen LogP contribution is -2.33. The molecule has 6 nitrogen and oxygen atoms in total. The standard InChI is InChI=1S/C21H21ClN2O4S2/c1-12-14(22)6-5-7-15(12)23-11-24-20(25)18(30-21(24)29)10-13-8-16(26-2)19(28-4)17(9-13)27-3/h5-10,23H,11H2,1-4H3/b18-10+. The average Bonchev–Trinajstić information content (AvgIpc) is 3.00. The fourth-order valence-electron chi connectivity index (χ4n) is 2.94. The van der Waals surface area contributed by atoms with E-state index in [0.717, 1.165) is 16.8 Å². The zero-order valence-electron chi connectivity index (χ0n) is 16.9. The molecule has 0 spiro atoms. The largest absolute Gasteiger partial charge is 0.493 e. The van der Waals surface area contributed by atoms with Gasteiger partial charge in [-0.1, -0.05) is 41.6 Å². The van der Waals surface area contributed by atoms with Crippen molar-refractivity contribution in [1.82, 2.24) is 4.90 Å². The third-order valence-electron chi connectivity index (χ3n) is 4.55. The van der Waals surface area contributed by atoms with Crippen LogP contribution in [-0.4, -0.2) is 43.1 Å². The Morgan fingerprint density at radius 2 is 1.83 bits per heavy atom. The highest BCUT2D eigenvalue weighted by Gasteiger charge is 2.32. The molecule has 9 heteroatoms. The SMILES string of the molecule is COc1cc(/C=C2/SC(=S)N(CNc3cccc(Cl)c3C)C2=O)cc(OC)c1OC. The van der Waals surface area contributed by atoms with Crippen LogP contribution in [0.25, 0.3) is 6.08 Å². The van der Waals surface area contributed by atoms with Crippen LogP contribution >= 0.6 is 35.6 Å². The number of ether oxygens (including phenoxy) is 3. The van der Waals surface area contributed by atoms with Crippen LogP contribution in [-0.2, 0) is 4.79 Å². The van der Waals surface area contributed by atoms with Crippen molar-refractivity contribution in [1.29, 1.82) is 0 Å². The number of thiocarbonyl (C=S) groups is 1. The molecule has 1 heterocycles. The van der Waals surface area contributed by atoms with Gasteiger partial charge in [0.1, 0.15) is 4.32 Å². The Bertz CT molecular complexity index is 1000. The fraction of sp³-hybridized carbons (Fsp3) is 0.238. The van der Waals surface area contributed by atoms with Crippen molar-refractivity contribution in [3.8, 4) is 17.2 Å². The second-order valence-electron chi connectivity index (χ2n) is 6.32. The van der Waals surface area contributed by atoms with Crippen LogP contribution in [0.1, 0.15) is 11.1 Å². The molecule has 30 heavy (non-hydrogen) atoms. The summed E-state index contributed by atoms with van der Waals surface area (Å²) < 4.78 is 16.6. The van der Waals surface area contributed by atoms with Gasteiger partial charge in [-0.05, 0) is 48.4 Å². The van der Waals surface area contributed by atoms with Gasteiger partial charge in [-0.25, -0.2) is 0 Å². The Morgan fingerprint density at radius 3 is 2.43 bits per heavy atom. The van der Waals surface area contributed by atoms with E-state index in [1.54, 1.807) is 39.5 Å². The molecule has 2 aromatic carbocycles. The number of carbonyl (C=O) groups is 1. The molecule has 1 saturated heterocycles. The number of hydrogen-bond acceptors (Lipinski definition) is 7. The molecule has 1 N–H and O–H groups in total. The molecule has 1 aliphatic rings. The summed E-state index contributed by atoms with van der Waals surface area (Å²) in [5.41, 5.74) is 2.51. The molecule has 0 aliphatic carbocycles. The predicted molar refractivity (Wildman–Crippen MR) is 126 cm³/mol. The van der Waals surface area contributed by atoms with Crippen molar-refractivity contribution >= 4 is 57.6 Å². The number of nitrogens with one attached hydrogen (secondary N) is 1. The molecule has 0 radical (unpaired) electrons. The van der Waals surface area contributed by atoms with Crippen LogP contribution in [0.2, 0.25) is 5.02 Å². The predicted octanol–water partition coefficient (Wildman–Crippen LogP) is 4.95. The quantitative estimate of drug-likeness (QED) is 0.459. The lowest BCUT2D eigenvalue weighted by atomic mass is 10.1. The second kappa shape index (κ2) is 9.59. The molecule has 0 aromatic heterocycles. The van der Waals surface area contributed by atoms with Gasteiger partial charge in [0.05, 0.1) is 32.9 Å². The molecular formula is C21H21ClN2O4S2. The number of halogens is 1. The molecule has 158 valence electrons. The van der Waals surface area contributed by atoms with E-state index < -0.39 is 0 Å². The minimum Gasteiger partial charge on any atom is -0.493 e. The van der Waals surface area contributed by atoms with Gasteiger partial charge >= 0.3 is 0 Å². The number of methoxy groups -OCH3 is 3. The second-order valence-corrected chi connectivity index (χ2v) is 8.40. The fourth-order valence-corrected chi connectivity index (χ4v) is 4.37. The van der Waals surface area contributed by atoms with Crippen molar-refractivity contribution in [2.45, 2.75) is 6.92 Å². The number of thioether (sulfide) groups is 1. The highest BCUT2D eigenvalue weighted by molar-refractivity contribution is 8.26. The van der Waals surface area contributed by atoms with Gasteiger partial charge in [-0.15, -0.1) is 0 Å². The molecule has 0 saturated carbocycles. The zero-order chi connectivity index (χ0) is 21.8. The number of nitrogens with zero attached hydrogens (tertiary/aromatic N) is 1. The van der Waals surface area contributed by atoms with E-state index in [4.69, 9.17) is 38.0 Å². The average molecular weight is 465 g/mol. The van der Waals surface area contributed by atoms with Crippen LogP contribution < -0.4 is 19.5 Å². The van der Waals surface area contributed by atoms with E-state index in [-0.39, 0.29) is 12.6 Å². The van der Waals surface area contributed by atoms with Gasteiger partial charge in [-0.2, -0.15) is 0 Å². The van der Waals surface area contributed by atoms with Crippen molar-refractivity contribution in [3.63, 3.8) is 0 Å². The minimum absolute atomic E-state index is 0.175. The van der Waals surface area contributed by atoms with Gasteiger partial charge in [0.2, 0.25) is 5.75 Å². The molecule has 2 aromatic rings. The van der Waals surface area contributed by atoms with Gasteiger partial charge in [0, 0.05) is 10.7 Å². The van der Waals surface area contributed by atoms with Crippen LogP contribution in [0, 0.1) is 6.92 Å². The summed E-state index contributed by atoms with van der Waals surface area (Å²) in [7, 11) is 4.63. The maximum Gasteiger partial charge on any atom is 0.267 e. The first kappa shape index (κ1) is 22.3. The summed E-state index contributed by atoms with van der Waals surface area (Å²) in [4.78, 5) is 15.0. The lowest BCUT2D eigenvalue weighted by molar-refractivity contribution is -0.121. The summed E-state index contributed by atoms with van der Waals surface area (Å²) in [6.45, 7) is 2.16. The topological polar surface area (TPSA) is 60.0 Å².